The smallest absolute Gasteiger partial charge is 0.240 e. The first-order valence-corrected chi connectivity index (χ1v) is 8.79. The molecular weight excluding hydrogens is 375 g/mol. The summed E-state index contributed by atoms with van der Waals surface area (Å²) in [4.78, 5) is 25.5. The summed E-state index contributed by atoms with van der Waals surface area (Å²) in [6.45, 7) is 1.69. The van der Waals surface area contributed by atoms with E-state index < -0.39 is 0 Å². The van der Waals surface area contributed by atoms with Crippen molar-refractivity contribution in [3.63, 3.8) is 0 Å². The van der Waals surface area contributed by atoms with E-state index in [-0.39, 0.29) is 18.4 Å². The van der Waals surface area contributed by atoms with E-state index >= 15 is 0 Å². The molecule has 0 spiro atoms. The summed E-state index contributed by atoms with van der Waals surface area (Å²) in [6.07, 6.45) is 0.654. The normalized spacial score (nSPS) is 10.3. The summed E-state index contributed by atoms with van der Waals surface area (Å²) < 4.78 is 5.18. The Morgan fingerprint density at radius 2 is 1.92 bits per heavy atom. The largest absolute Gasteiger partial charge is 0.497 e. The van der Waals surface area contributed by atoms with Crippen LogP contribution in [0.5, 0.6) is 5.75 Å². The highest BCUT2D eigenvalue weighted by molar-refractivity contribution is 6.35. The fourth-order valence-corrected chi connectivity index (χ4v) is 2.82. The van der Waals surface area contributed by atoms with E-state index in [0.29, 0.717) is 28.7 Å². The average molecular weight is 395 g/mol. The van der Waals surface area contributed by atoms with Crippen molar-refractivity contribution in [1.82, 2.24) is 5.32 Å². The van der Waals surface area contributed by atoms with Crippen LogP contribution in [0.3, 0.4) is 0 Å². The molecule has 5 nitrogen and oxygen atoms in total. The quantitative estimate of drug-likeness (QED) is 0.778. The van der Waals surface area contributed by atoms with Gasteiger partial charge in [0.25, 0.3) is 0 Å². The minimum atomic E-state index is -0.294. The number of nitrogens with one attached hydrogen (secondary N) is 1. The third-order valence-electron chi connectivity index (χ3n) is 3.75. The van der Waals surface area contributed by atoms with Crippen LogP contribution < -0.4 is 15.0 Å². The Balaban J connectivity index is 1.95. The third-order valence-corrected chi connectivity index (χ3v) is 4.31. The van der Waals surface area contributed by atoms with E-state index in [0.717, 1.165) is 11.3 Å². The second-order valence-corrected chi connectivity index (χ2v) is 6.50. The molecule has 0 aromatic heterocycles. The van der Waals surface area contributed by atoms with E-state index in [1.165, 1.54) is 11.8 Å². The van der Waals surface area contributed by atoms with Crippen LogP contribution >= 0.6 is 23.2 Å². The average Bonchev–Trinajstić information content (AvgIpc) is 2.62. The second-order valence-electron chi connectivity index (χ2n) is 5.65. The molecule has 1 N–H and O–H groups in total. The molecule has 138 valence electrons. The number of ether oxygens (including phenoxy) is 1. The lowest BCUT2D eigenvalue weighted by atomic mass is 10.1. The van der Waals surface area contributed by atoms with Gasteiger partial charge in [-0.05, 0) is 42.3 Å². The topological polar surface area (TPSA) is 58.6 Å². The zero-order valence-corrected chi connectivity index (χ0v) is 16.1. The molecule has 0 bridgehead atoms. The number of hydrogen-bond donors (Lipinski definition) is 1. The molecule has 2 amide bonds. The van der Waals surface area contributed by atoms with Gasteiger partial charge in [-0.1, -0.05) is 35.3 Å². The maximum atomic E-state index is 12.2. The van der Waals surface area contributed by atoms with E-state index in [4.69, 9.17) is 27.9 Å². The molecule has 0 unspecified atom stereocenters. The number of halogens is 2. The van der Waals surface area contributed by atoms with E-state index in [2.05, 4.69) is 5.32 Å². The van der Waals surface area contributed by atoms with Crippen molar-refractivity contribution in [1.29, 1.82) is 0 Å². The molecule has 7 heteroatoms. The van der Waals surface area contributed by atoms with Gasteiger partial charge in [-0.15, -0.1) is 0 Å². The second kappa shape index (κ2) is 9.46. The molecule has 2 rings (SSSR count). The molecule has 0 radical (unpaired) electrons. The van der Waals surface area contributed by atoms with Crippen molar-refractivity contribution in [3.05, 3.63) is 58.1 Å². The zero-order chi connectivity index (χ0) is 19.1. The Hall–Kier alpha value is -2.24. The minimum absolute atomic E-state index is 0.131. The summed E-state index contributed by atoms with van der Waals surface area (Å²) in [6, 6.07) is 12.4. The summed E-state index contributed by atoms with van der Waals surface area (Å²) in [5, 5.41) is 3.60. The summed E-state index contributed by atoms with van der Waals surface area (Å²) in [7, 11) is 1.61. The third kappa shape index (κ3) is 5.64. The lowest BCUT2D eigenvalue weighted by Gasteiger charge is -2.22. The molecule has 0 atom stereocenters. The van der Waals surface area contributed by atoms with E-state index in [1.807, 2.05) is 24.3 Å². The van der Waals surface area contributed by atoms with Crippen LogP contribution in [0.1, 0.15) is 12.5 Å². The van der Waals surface area contributed by atoms with Crippen LogP contribution in [-0.2, 0) is 16.0 Å². The predicted octanol–water partition coefficient (Wildman–Crippen LogP) is 3.71. The maximum Gasteiger partial charge on any atom is 0.240 e. The van der Waals surface area contributed by atoms with Gasteiger partial charge in [-0.25, -0.2) is 0 Å². The highest BCUT2D eigenvalue weighted by Crippen LogP contribution is 2.29. The Kier molecular flexibility index (Phi) is 7.30. The van der Waals surface area contributed by atoms with Crippen molar-refractivity contribution in [2.24, 2.45) is 0 Å². The summed E-state index contributed by atoms with van der Waals surface area (Å²) >= 11 is 12.1. The zero-order valence-electron chi connectivity index (χ0n) is 14.6. The first kappa shape index (κ1) is 20.1. The monoisotopic (exact) mass is 394 g/mol. The number of benzene rings is 2. The number of carbonyl (C=O) groups excluding carboxylic acids is 2. The van der Waals surface area contributed by atoms with Gasteiger partial charge >= 0.3 is 0 Å². The van der Waals surface area contributed by atoms with Crippen LogP contribution in [0.25, 0.3) is 0 Å². The van der Waals surface area contributed by atoms with Gasteiger partial charge in [0.2, 0.25) is 11.8 Å². The van der Waals surface area contributed by atoms with Crippen LogP contribution in [-0.4, -0.2) is 32.0 Å². The fourth-order valence-electron chi connectivity index (χ4n) is 2.43. The SMILES string of the molecule is COc1cccc(CCNC(=O)CN(C(C)=O)c2cc(Cl)ccc2Cl)c1. The van der Waals surface area contributed by atoms with Gasteiger partial charge in [-0.3, -0.25) is 9.59 Å². The van der Waals surface area contributed by atoms with Gasteiger partial charge in [-0.2, -0.15) is 0 Å². The lowest BCUT2D eigenvalue weighted by molar-refractivity contribution is -0.123. The lowest BCUT2D eigenvalue weighted by Crippen LogP contribution is -2.40. The standard InChI is InChI=1S/C19H20Cl2N2O3/c1-13(24)23(18-11-15(20)6-7-17(18)21)12-19(25)22-9-8-14-4-3-5-16(10-14)26-2/h3-7,10-11H,8-9,12H2,1-2H3,(H,22,25). The maximum absolute atomic E-state index is 12.2. The van der Waals surface area contributed by atoms with Gasteiger partial charge in [0.15, 0.2) is 0 Å². The van der Waals surface area contributed by atoms with Crippen LogP contribution in [0, 0.1) is 0 Å². The van der Waals surface area contributed by atoms with Crippen molar-refractivity contribution >= 4 is 40.7 Å². The predicted molar refractivity (Wildman–Crippen MR) is 104 cm³/mol. The Bertz CT molecular complexity index is 796. The van der Waals surface area contributed by atoms with Crippen molar-refractivity contribution < 1.29 is 14.3 Å². The van der Waals surface area contributed by atoms with Gasteiger partial charge < -0.3 is 15.0 Å². The van der Waals surface area contributed by atoms with E-state index in [9.17, 15) is 9.59 Å². The Morgan fingerprint density at radius 3 is 2.62 bits per heavy atom. The number of carbonyl (C=O) groups is 2. The number of amides is 2. The van der Waals surface area contributed by atoms with Crippen molar-refractivity contribution in [3.8, 4) is 5.75 Å². The first-order chi connectivity index (χ1) is 12.4. The molecule has 0 saturated heterocycles. The number of nitrogens with zero attached hydrogens (tertiary/aromatic N) is 1. The van der Waals surface area contributed by atoms with E-state index in [1.54, 1.807) is 25.3 Å². The summed E-state index contributed by atoms with van der Waals surface area (Å²) in [5.41, 5.74) is 1.46. The highest BCUT2D eigenvalue weighted by Gasteiger charge is 2.18. The van der Waals surface area contributed by atoms with Crippen molar-refractivity contribution in [2.75, 3.05) is 25.1 Å². The molecule has 0 heterocycles. The first-order valence-electron chi connectivity index (χ1n) is 8.03. The number of hydrogen-bond acceptors (Lipinski definition) is 3. The fraction of sp³-hybridized carbons (Fsp3) is 0.263. The van der Waals surface area contributed by atoms with Crippen molar-refractivity contribution in [2.45, 2.75) is 13.3 Å². The summed E-state index contributed by atoms with van der Waals surface area (Å²) in [5.74, 6) is 0.198. The Labute approximate surface area is 162 Å². The van der Waals surface area contributed by atoms with Gasteiger partial charge in [0.05, 0.1) is 17.8 Å². The molecule has 2 aromatic rings. The van der Waals surface area contributed by atoms with Crippen LogP contribution in [0.4, 0.5) is 5.69 Å². The molecular formula is C19H20Cl2N2O3. The molecule has 0 aliphatic rings. The molecule has 0 saturated carbocycles. The van der Waals surface area contributed by atoms with Gasteiger partial charge in [0.1, 0.15) is 12.3 Å². The molecule has 26 heavy (non-hydrogen) atoms. The van der Waals surface area contributed by atoms with Gasteiger partial charge in [0, 0.05) is 18.5 Å². The Morgan fingerprint density at radius 1 is 1.15 bits per heavy atom. The minimum Gasteiger partial charge on any atom is -0.497 e. The number of methoxy groups -OCH3 is 1. The van der Waals surface area contributed by atoms with Crippen LogP contribution in [0.2, 0.25) is 10.0 Å². The number of rotatable bonds is 7. The molecule has 2 aromatic carbocycles. The number of anilines is 1. The molecule has 0 aliphatic heterocycles. The highest BCUT2D eigenvalue weighted by atomic mass is 35.5. The molecule has 0 fully saturated rings. The van der Waals surface area contributed by atoms with Crippen LogP contribution in [0.15, 0.2) is 42.5 Å². The molecule has 0 aliphatic carbocycles.